The van der Waals surface area contributed by atoms with Crippen LogP contribution in [0.2, 0.25) is 0 Å². The lowest BCUT2D eigenvalue weighted by Gasteiger charge is -2.34. The number of ether oxygens (including phenoxy) is 2. The van der Waals surface area contributed by atoms with Crippen molar-refractivity contribution in [2.75, 3.05) is 31.2 Å². The van der Waals surface area contributed by atoms with Crippen LogP contribution in [0.4, 0.5) is 5.69 Å². The smallest absolute Gasteiger partial charge is 0.265 e. The first-order chi connectivity index (χ1) is 18.4. The lowest BCUT2D eigenvalue weighted by Crippen LogP contribution is -2.38. The van der Waals surface area contributed by atoms with E-state index in [4.69, 9.17) is 24.6 Å². The van der Waals surface area contributed by atoms with Crippen LogP contribution in [-0.4, -0.2) is 47.9 Å². The zero-order valence-electron chi connectivity index (χ0n) is 21.7. The Labute approximate surface area is 220 Å². The number of carbonyl (C=O) groups excluding carboxylic acids is 1. The molecule has 6 rings (SSSR count). The van der Waals surface area contributed by atoms with Crippen molar-refractivity contribution in [3.8, 4) is 5.75 Å². The Bertz CT molecular complexity index is 1580. The van der Waals surface area contributed by atoms with Gasteiger partial charge in [-0.1, -0.05) is 6.07 Å². The summed E-state index contributed by atoms with van der Waals surface area (Å²) in [5, 5.41) is 0.802. The lowest BCUT2D eigenvalue weighted by atomic mass is 9.95. The maximum absolute atomic E-state index is 13.4. The van der Waals surface area contributed by atoms with Gasteiger partial charge < -0.3 is 29.1 Å². The average molecular weight is 517 g/mol. The van der Waals surface area contributed by atoms with Crippen molar-refractivity contribution in [1.82, 2.24) is 9.55 Å². The first-order valence-electron chi connectivity index (χ1n) is 13.2. The Morgan fingerprint density at radius 2 is 1.84 bits per heavy atom. The van der Waals surface area contributed by atoms with Crippen LogP contribution in [0.1, 0.15) is 53.4 Å². The second-order valence-corrected chi connectivity index (χ2v) is 10.3. The Hall–Kier alpha value is -3.85. The fourth-order valence-corrected chi connectivity index (χ4v) is 5.69. The molecule has 2 saturated heterocycles. The molecule has 0 unspecified atom stereocenters. The maximum atomic E-state index is 13.4. The number of aryl methyl sites for hydroxylation is 2. The summed E-state index contributed by atoms with van der Waals surface area (Å²) in [5.41, 5.74) is 9.50. The Kier molecular flexibility index (Phi) is 6.31. The first-order valence-corrected chi connectivity index (χ1v) is 13.2. The molecule has 2 aromatic heterocycles. The fraction of sp³-hybridized carbons (Fsp3) is 0.414. The summed E-state index contributed by atoms with van der Waals surface area (Å²) in [6, 6.07) is 11.7. The Balaban J connectivity index is 1.32. The van der Waals surface area contributed by atoms with E-state index in [0.717, 1.165) is 53.6 Å². The molecular formula is C29H32N4O5. The number of pyridine rings is 1. The van der Waals surface area contributed by atoms with Gasteiger partial charge in [0.1, 0.15) is 22.9 Å². The molecule has 0 aliphatic carbocycles. The molecule has 9 heteroatoms. The molecule has 2 aliphatic heterocycles. The average Bonchev–Trinajstić information content (AvgIpc) is 3.34. The van der Waals surface area contributed by atoms with Crippen molar-refractivity contribution in [2.24, 2.45) is 12.8 Å². The minimum Gasteiger partial charge on any atom is -0.490 e. The summed E-state index contributed by atoms with van der Waals surface area (Å²) in [7, 11) is 1.67. The van der Waals surface area contributed by atoms with Gasteiger partial charge in [-0.15, -0.1) is 0 Å². The van der Waals surface area contributed by atoms with Crippen molar-refractivity contribution >= 4 is 33.6 Å². The van der Waals surface area contributed by atoms with Gasteiger partial charge in [-0.2, -0.15) is 0 Å². The summed E-state index contributed by atoms with van der Waals surface area (Å²) >= 11 is 0. The molecule has 0 atom stereocenters. The lowest BCUT2D eigenvalue weighted by molar-refractivity contribution is 0.0256. The number of nitrogens with two attached hydrogens (primary N) is 1. The molecular weight excluding hydrogens is 484 g/mol. The van der Waals surface area contributed by atoms with Crippen LogP contribution in [0, 0.1) is 6.92 Å². The zero-order chi connectivity index (χ0) is 26.4. The van der Waals surface area contributed by atoms with Crippen LogP contribution in [0.15, 0.2) is 45.6 Å². The summed E-state index contributed by atoms with van der Waals surface area (Å²) in [6.45, 7) is 4.69. The van der Waals surface area contributed by atoms with Crippen molar-refractivity contribution < 1.29 is 18.7 Å². The highest BCUT2D eigenvalue weighted by atomic mass is 16.5. The van der Waals surface area contributed by atoms with E-state index in [1.54, 1.807) is 7.05 Å². The molecule has 2 aliphatic rings. The van der Waals surface area contributed by atoms with E-state index < -0.39 is 11.5 Å². The van der Waals surface area contributed by atoms with Crippen LogP contribution >= 0.6 is 0 Å². The number of fused-ring (bicyclic) bond motifs is 2. The van der Waals surface area contributed by atoms with Crippen LogP contribution in [0.3, 0.4) is 0 Å². The van der Waals surface area contributed by atoms with Crippen LogP contribution in [-0.2, 0) is 11.8 Å². The molecule has 0 spiro atoms. The molecule has 2 aromatic carbocycles. The molecule has 4 aromatic rings. The van der Waals surface area contributed by atoms with Gasteiger partial charge in [0.25, 0.3) is 11.5 Å². The Morgan fingerprint density at radius 3 is 2.58 bits per heavy atom. The predicted octanol–water partition coefficient (Wildman–Crippen LogP) is 4.03. The number of primary amides is 1. The van der Waals surface area contributed by atoms with Crippen LogP contribution < -0.4 is 20.9 Å². The number of aromatic nitrogens is 2. The predicted molar refractivity (Wildman–Crippen MR) is 145 cm³/mol. The number of amides is 1. The highest BCUT2D eigenvalue weighted by molar-refractivity contribution is 6.07. The SMILES string of the molecule is Cc1ccc2oc(C3CCN(c4c(C(N)=O)c(=O)n(C)c5cc(OC6CCOCC6)ccc45)CC3)nc2c1. The van der Waals surface area contributed by atoms with Crippen molar-refractivity contribution in [3.05, 3.63) is 63.8 Å². The second-order valence-electron chi connectivity index (χ2n) is 10.3. The van der Waals surface area contributed by atoms with E-state index in [9.17, 15) is 9.59 Å². The van der Waals surface area contributed by atoms with Crippen LogP contribution in [0.5, 0.6) is 5.75 Å². The molecule has 0 saturated carbocycles. The van der Waals surface area contributed by atoms with Gasteiger partial charge in [-0.3, -0.25) is 9.59 Å². The topological polar surface area (TPSA) is 113 Å². The highest BCUT2D eigenvalue weighted by Crippen LogP contribution is 2.37. The third-order valence-corrected chi connectivity index (χ3v) is 7.78. The first kappa shape index (κ1) is 24.5. The third-order valence-electron chi connectivity index (χ3n) is 7.78. The number of hydrogen-bond donors (Lipinski definition) is 1. The number of anilines is 1. The number of benzene rings is 2. The van der Waals surface area contributed by atoms with E-state index in [2.05, 4.69) is 4.90 Å². The number of carbonyl (C=O) groups is 1. The molecule has 0 radical (unpaired) electrons. The van der Waals surface area contributed by atoms with Gasteiger partial charge in [-0.25, -0.2) is 4.98 Å². The number of oxazole rings is 1. The molecule has 2 fully saturated rings. The minimum absolute atomic E-state index is 0.0221. The largest absolute Gasteiger partial charge is 0.490 e. The third kappa shape index (κ3) is 4.41. The number of rotatable bonds is 5. The van der Waals surface area contributed by atoms with Gasteiger partial charge in [0.15, 0.2) is 11.5 Å². The maximum Gasteiger partial charge on any atom is 0.265 e. The monoisotopic (exact) mass is 516 g/mol. The molecule has 38 heavy (non-hydrogen) atoms. The van der Waals surface area contributed by atoms with Gasteiger partial charge in [0, 0.05) is 50.3 Å². The van der Waals surface area contributed by atoms with Crippen molar-refractivity contribution in [3.63, 3.8) is 0 Å². The van der Waals surface area contributed by atoms with E-state index >= 15 is 0 Å². The zero-order valence-corrected chi connectivity index (χ0v) is 21.7. The highest BCUT2D eigenvalue weighted by Gasteiger charge is 2.30. The van der Waals surface area contributed by atoms with Gasteiger partial charge >= 0.3 is 0 Å². The number of nitrogens with zero attached hydrogens (tertiary/aromatic N) is 3. The molecule has 4 heterocycles. The van der Waals surface area contributed by atoms with Gasteiger partial charge in [0.05, 0.1) is 24.4 Å². The van der Waals surface area contributed by atoms with E-state index in [1.807, 2.05) is 43.3 Å². The summed E-state index contributed by atoms with van der Waals surface area (Å²) < 4.78 is 19.2. The Morgan fingerprint density at radius 1 is 1.08 bits per heavy atom. The van der Waals surface area contributed by atoms with Crippen molar-refractivity contribution in [1.29, 1.82) is 0 Å². The standard InChI is InChI=1S/C29H32N4O5/c1-17-3-6-24-22(15-17)31-28(38-24)18-7-11-33(12-8-18)26-21-5-4-20(37-19-9-13-36-14-10-19)16-23(21)32(2)29(35)25(26)27(30)34/h3-6,15-16,18-19H,7-14H2,1-2H3,(H2,30,34). The summed E-state index contributed by atoms with van der Waals surface area (Å²) in [6.07, 6.45) is 3.31. The van der Waals surface area contributed by atoms with E-state index in [1.165, 1.54) is 4.57 Å². The quantitative estimate of drug-likeness (QED) is 0.426. The summed E-state index contributed by atoms with van der Waals surface area (Å²) in [4.78, 5) is 32.7. The number of piperidine rings is 1. The van der Waals surface area contributed by atoms with Crippen molar-refractivity contribution in [2.45, 2.75) is 44.6 Å². The van der Waals surface area contributed by atoms with E-state index in [0.29, 0.717) is 43.3 Å². The molecule has 1 amide bonds. The molecule has 9 nitrogen and oxygen atoms in total. The number of hydrogen-bond acceptors (Lipinski definition) is 7. The molecule has 2 N–H and O–H groups in total. The van der Waals surface area contributed by atoms with Crippen LogP contribution in [0.25, 0.3) is 22.0 Å². The second kappa shape index (κ2) is 9.79. The molecule has 0 bridgehead atoms. The fourth-order valence-electron chi connectivity index (χ4n) is 5.69. The van der Waals surface area contributed by atoms with E-state index in [-0.39, 0.29) is 17.6 Å². The van der Waals surface area contributed by atoms with Gasteiger partial charge in [0.2, 0.25) is 0 Å². The minimum atomic E-state index is -0.721. The molecule has 198 valence electrons. The summed E-state index contributed by atoms with van der Waals surface area (Å²) in [5.74, 6) is 0.876. The normalized spacial score (nSPS) is 17.4. The van der Waals surface area contributed by atoms with Gasteiger partial charge in [-0.05, 0) is 49.6 Å².